The first kappa shape index (κ1) is 19.2. The molecule has 162 valence electrons. The smallest absolute Gasteiger partial charge is 0.273 e. The van der Waals surface area contributed by atoms with Gasteiger partial charge in [0.2, 0.25) is 0 Å². The lowest BCUT2D eigenvalue weighted by atomic mass is 9.81. The van der Waals surface area contributed by atoms with E-state index in [9.17, 15) is 13.6 Å². The number of halogens is 2. The minimum absolute atomic E-state index is 0.0239. The van der Waals surface area contributed by atoms with Crippen LogP contribution in [-0.4, -0.2) is 31.6 Å². The Morgan fingerprint density at radius 3 is 2.78 bits per heavy atom. The Hall–Kier alpha value is -3.55. The van der Waals surface area contributed by atoms with Crippen LogP contribution in [0.1, 0.15) is 47.1 Å². The number of amides is 1. The van der Waals surface area contributed by atoms with Gasteiger partial charge in [0.1, 0.15) is 22.9 Å². The van der Waals surface area contributed by atoms with Gasteiger partial charge in [-0.3, -0.25) is 14.5 Å². The van der Waals surface area contributed by atoms with E-state index < -0.39 is 11.6 Å². The van der Waals surface area contributed by atoms with Crippen LogP contribution in [0.15, 0.2) is 47.2 Å². The summed E-state index contributed by atoms with van der Waals surface area (Å²) >= 11 is 0. The maximum absolute atomic E-state index is 13.9. The van der Waals surface area contributed by atoms with Crippen molar-refractivity contribution in [3.05, 3.63) is 71.4 Å². The van der Waals surface area contributed by atoms with Gasteiger partial charge in [0, 0.05) is 47.9 Å². The van der Waals surface area contributed by atoms with Crippen LogP contribution >= 0.6 is 0 Å². The van der Waals surface area contributed by atoms with Crippen LogP contribution in [0.5, 0.6) is 0 Å². The van der Waals surface area contributed by atoms with Crippen molar-refractivity contribution in [3.63, 3.8) is 0 Å². The van der Waals surface area contributed by atoms with E-state index in [4.69, 9.17) is 9.52 Å². The second-order valence-electron chi connectivity index (χ2n) is 8.54. The third-order valence-electron chi connectivity index (χ3n) is 6.60. The van der Waals surface area contributed by atoms with E-state index in [1.54, 1.807) is 30.3 Å². The molecule has 6 rings (SSSR count). The number of carbonyl (C=O) groups excluding carboxylic acids is 1. The van der Waals surface area contributed by atoms with Crippen LogP contribution in [0.25, 0.3) is 22.2 Å². The molecule has 1 amide bonds. The summed E-state index contributed by atoms with van der Waals surface area (Å²) in [5.74, 6) is -1.39. The Kier molecular flexibility index (Phi) is 4.18. The monoisotopic (exact) mass is 434 g/mol. The summed E-state index contributed by atoms with van der Waals surface area (Å²) in [5, 5.41) is 5.56. The maximum atomic E-state index is 13.9. The predicted molar refractivity (Wildman–Crippen MR) is 113 cm³/mol. The minimum atomic E-state index is -0.623. The van der Waals surface area contributed by atoms with Gasteiger partial charge in [-0.15, -0.1) is 0 Å². The highest BCUT2D eigenvalue weighted by molar-refractivity contribution is 5.96. The number of furan rings is 1. The number of fused-ring (bicyclic) bond motifs is 5. The Labute approximate surface area is 182 Å². The molecule has 2 bridgehead atoms. The van der Waals surface area contributed by atoms with E-state index in [-0.39, 0.29) is 18.0 Å². The van der Waals surface area contributed by atoms with Crippen molar-refractivity contribution in [3.8, 4) is 11.3 Å². The number of aryl methyl sites for hydroxylation is 1. The van der Waals surface area contributed by atoms with E-state index in [0.717, 1.165) is 42.0 Å². The largest absolute Gasteiger partial charge is 0.464 e. The number of carbonyl (C=O) groups is 1. The molecule has 2 aliphatic heterocycles. The van der Waals surface area contributed by atoms with Gasteiger partial charge >= 0.3 is 0 Å². The van der Waals surface area contributed by atoms with Gasteiger partial charge in [-0.2, -0.15) is 5.10 Å². The second-order valence-corrected chi connectivity index (χ2v) is 8.54. The molecule has 4 aromatic rings. The zero-order chi connectivity index (χ0) is 22.0. The average molecular weight is 434 g/mol. The second kappa shape index (κ2) is 6.98. The number of hydrogen-bond acceptors (Lipinski definition) is 4. The normalized spacial score (nSPS) is 19.9. The predicted octanol–water partition coefficient (Wildman–Crippen LogP) is 4.80. The van der Waals surface area contributed by atoms with Gasteiger partial charge in [0.25, 0.3) is 5.91 Å². The fourth-order valence-corrected chi connectivity index (χ4v) is 5.31. The van der Waals surface area contributed by atoms with E-state index >= 15 is 0 Å². The number of aromatic nitrogens is 3. The summed E-state index contributed by atoms with van der Waals surface area (Å²) in [7, 11) is 1.78. The molecule has 8 heteroatoms. The third kappa shape index (κ3) is 2.86. The highest BCUT2D eigenvalue weighted by atomic mass is 19.1. The van der Waals surface area contributed by atoms with Crippen LogP contribution < -0.4 is 0 Å². The molecule has 1 saturated heterocycles. The lowest BCUT2D eigenvalue weighted by molar-refractivity contribution is 0.0386. The summed E-state index contributed by atoms with van der Waals surface area (Å²) in [6.45, 7) is 0. The quantitative estimate of drug-likeness (QED) is 0.455. The van der Waals surface area contributed by atoms with Gasteiger partial charge < -0.3 is 9.32 Å². The van der Waals surface area contributed by atoms with Crippen molar-refractivity contribution in [2.75, 3.05) is 0 Å². The van der Waals surface area contributed by atoms with E-state index in [2.05, 4.69) is 4.98 Å². The third-order valence-corrected chi connectivity index (χ3v) is 6.60. The number of hydrogen-bond donors (Lipinski definition) is 0. The standard InChI is InChI=1S/C24H20F2N4O2/c1-29-23(14-7-15(25)9-16(26)8-14)18-10-17-3-2-4-20(22(18)28-29)30(17)24(31)19-11-21-13(12-27-19)5-6-32-21/h5-9,11-12,17,20H,2-4,10H2,1H3. The first-order chi connectivity index (χ1) is 15.5. The molecule has 2 unspecified atom stereocenters. The summed E-state index contributed by atoms with van der Waals surface area (Å²) in [6.07, 6.45) is 6.44. The number of piperidine rings is 1. The Bertz CT molecular complexity index is 1360. The van der Waals surface area contributed by atoms with Crippen LogP contribution in [0.3, 0.4) is 0 Å². The van der Waals surface area contributed by atoms with E-state index in [0.29, 0.717) is 29.0 Å². The topological polar surface area (TPSA) is 64.2 Å². The molecule has 5 heterocycles. The van der Waals surface area contributed by atoms with Gasteiger partial charge in [0.05, 0.1) is 23.7 Å². The molecule has 0 aliphatic carbocycles. The highest BCUT2D eigenvalue weighted by Gasteiger charge is 2.44. The maximum Gasteiger partial charge on any atom is 0.273 e. The first-order valence-corrected chi connectivity index (χ1v) is 10.7. The molecular formula is C24H20F2N4O2. The number of benzene rings is 1. The SMILES string of the molecule is Cn1nc2c(c1-c1cc(F)cc(F)c1)CC1CCCC2N1C(=O)c1cc2occc2cn1. The molecule has 6 nitrogen and oxygen atoms in total. The lowest BCUT2D eigenvalue weighted by Gasteiger charge is -2.45. The van der Waals surface area contributed by atoms with Gasteiger partial charge in [-0.05, 0) is 43.9 Å². The molecule has 2 aliphatic rings. The number of nitrogens with zero attached hydrogens (tertiary/aromatic N) is 4. The summed E-state index contributed by atoms with van der Waals surface area (Å²) < 4.78 is 35.0. The summed E-state index contributed by atoms with van der Waals surface area (Å²) in [6, 6.07) is 6.80. The molecule has 0 saturated carbocycles. The average Bonchev–Trinajstić information content (AvgIpc) is 3.35. The van der Waals surface area contributed by atoms with Crippen molar-refractivity contribution in [1.29, 1.82) is 0 Å². The Morgan fingerprint density at radius 1 is 1.16 bits per heavy atom. The van der Waals surface area contributed by atoms with Crippen LogP contribution in [0.2, 0.25) is 0 Å². The van der Waals surface area contributed by atoms with Crippen LogP contribution in [-0.2, 0) is 13.5 Å². The Balaban J connectivity index is 1.43. The van der Waals surface area contributed by atoms with Gasteiger partial charge in [-0.25, -0.2) is 8.78 Å². The van der Waals surface area contributed by atoms with E-state index in [1.807, 2.05) is 11.0 Å². The molecule has 0 radical (unpaired) electrons. The molecule has 2 atom stereocenters. The molecule has 1 aromatic carbocycles. The molecular weight excluding hydrogens is 414 g/mol. The van der Waals surface area contributed by atoms with Crippen molar-refractivity contribution in [1.82, 2.24) is 19.7 Å². The molecule has 0 spiro atoms. The molecule has 32 heavy (non-hydrogen) atoms. The Morgan fingerprint density at radius 2 is 1.97 bits per heavy atom. The van der Waals surface area contributed by atoms with Crippen LogP contribution in [0, 0.1) is 11.6 Å². The minimum Gasteiger partial charge on any atom is -0.464 e. The molecule has 1 fully saturated rings. The first-order valence-electron chi connectivity index (χ1n) is 10.7. The highest BCUT2D eigenvalue weighted by Crippen LogP contribution is 2.45. The summed E-state index contributed by atoms with van der Waals surface area (Å²) in [5.41, 5.74) is 3.90. The summed E-state index contributed by atoms with van der Waals surface area (Å²) in [4.78, 5) is 19.8. The van der Waals surface area contributed by atoms with E-state index in [1.165, 1.54) is 12.1 Å². The van der Waals surface area contributed by atoms with Gasteiger partial charge in [-0.1, -0.05) is 0 Å². The van der Waals surface area contributed by atoms with Crippen molar-refractivity contribution < 1.29 is 18.0 Å². The zero-order valence-corrected chi connectivity index (χ0v) is 17.4. The van der Waals surface area contributed by atoms with Crippen molar-refractivity contribution in [2.45, 2.75) is 37.8 Å². The van der Waals surface area contributed by atoms with Gasteiger partial charge in [0.15, 0.2) is 0 Å². The van der Waals surface area contributed by atoms with Crippen molar-refractivity contribution in [2.24, 2.45) is 7.05 Å². The zero-order valence-electron chi connectivity index (χ0n) is 17.4. The number of pyridine rings is 1. The van der Waals surface area contributed by atoms with Crippen LogP contribution in [0.4, 0.5) is 8.78 Å². The lowest BCUT2D eigenvalue weighted by Crippen LogP contribution is -2.50. The number of rotatable bonds is 2. The fraction of sp³-hybridized carbons (Fsp3) is 0.292. The molecule has 0 N–H and O–H groups in total. The van der Waals surface area contributed by atoms with Crippen molar-refractivity contribution >= 4 is 16.9 Å². The molecule has 3 aromatic heterocycles. The fourth-order valence-electron chi connectivity index (χ4n) is 5.31.